The molecule has 0 saturated carbocycles. The number of para-hydroxylation sites is 1. The van der Waals surface area contributed by atoms with E-state index in [2.05, 4.69) is 191 Å². The SMILES string of the molecule is c1ccc(-n2c3cc(-c4ccc(-n5c6ccc7ccccc7c6c6c7ccccc7ccc65)cc4)ccc3c3c4ccccc4ccc32)cc1. The van der Waals surface area contributed by atoms with Crippen molar-refractivity contribution in [2.45, 2.75) is 0 Å². The van der Waals surface area contributed by atoms with E-state index in [0.29, 0.717) is 0 Å². The van der Waals surface area contributed by atoms with Crippen molar-refractivity contribution in [2.75, 3.05) is 0 Å². The number of benzene rings is 9. The minimum Gasteiger partial charge on any atom is -0.309 e. The molecule has 2 nitrogen and oxygen atoms in total. The highest BCUT2D eigenvalue weighted by atomic mass is 15.0. The van der Waals surface area contributed by atoms with Crippen molar-refractivity contribution in [3.8, 4) is 22.5 Å². The summed E-state index contributed by atoms with van der Waals surface area (Å²) in [7, 11) is 0. The molecule has 11 aromatic rings. The van der Waals surface area contributed by atoms with Gasteiger partial charge in [-0.3, -0.25) is 0 Å². The molecule has 0 atom stereocenters. The highest BCUT2D eigenvalue weighted by Crippen LogP contribution is 2.42. The van der Waals surface area contributed by atoms with Gasteiger partial charge in [0.15, 0.2) is 0 Å². The molecule has 0 N–H and O–H groups in total. The van der Waals surface area contributed by atoms with Crippen molar-refractivity contribution in [2.24, 2.45) is 0 Å². The first-order valence-corrected chi connectivity index (χ1v) is 17.3. The van der Waals surface area contributed by atoms with Crippen molar-refractivity contribution in [1.29, 1.82) is 0 Å². The van der Waals surface area contributed by atoms with Gasteiger partial charge in [-0.1, -0.05) is 133 Å². The van der Waals surface area contributed by atoms with E-state index in [4.69, 9.17) is 0 Å². The Bertz CT molecular complexity index is 3030. The lowest BCUT2D eigenvalue weighted by Gasteiger charge is -2.11. The summed E-state index contributed by atoms with van der Waals surface area (Å²) in [5, 5.41) is 12.8. The summed E-state index contributed by atoms with van der Waals surface area (Å²) in [5.41, 5.74) is 9.61. The summed E-state index contributed by atoms with van der Waals surface area (Å²) in [6, 6.07) is 66.7. The molecule has 2 heteroatoms. The maximum atomic E-state index is 2.44. The van der Waals surface area contributed by atoms with Crippen LogP contribution in [0.25, 0.3) is 98.4 Å². The van der Waals surface area contributed by atoms with E-state index in [1.807, 2.05) is 0 Å². The lowest BCUT2D eigenvalue weighted by molar-refractivity contribution is 1.18. The molecule has 0 bridgehead atoms. The quantitative estimate of drug-likeness (QED) is 0.183. The van der Waals surface area contributed by atoms with Gasteiger partial charge in [0.1, 0.15) is 0 Å². The van der Waals surface area contributed by atoms with Gasteiger partial charge in [-0.15, -0.1) is 0 Å². The fourth-order valence-corrected chi connectivity index (χ4v) is 8.45. The molecule has 0 saturated heterocycles. The van der Waals surface area contributed by atoms with Crippen LogP contribution in [0, 0.1) is 0 Å². The monoisotopic (exact) mass is 634 g/mol. The third-order valence-electron chi connectivity index (χ3n) is 10.7. The molecule has 50 heavy (non-hydrogen) atoms. The Balaban J connectivity index is 1.12. The minimum atomic E-state index is 1.16. The van der Waals surface area contributed by atoms with Gasteiger partial charge in [0.2, 0.25) is 0 Å². The van der Waals surface area contributed by atoms with Crippen molar-refractivity contribution in [1.82, 2.24) is 9.13 Å². The molecule has 2 heterocycles. The van der Waals surface area contributed by atoms with Crippen molar-refractivity contribution >= 4 is 75.9 Å². The van der Waals surface area contributed by atoms with Gasteiger partial charge in [0, 0.05) is 32.9 Å². The normalized spacial score (nSPS) is 12.0. The second kappa shape index (κ2) is 10.4. The van der Waals surface area contributed by atoms with Crippen LogP contribution >= 0.6 is 0 Å². The zero-order chi connectivity index (χ0) is 32.8. The third kappa shape index (κ3) is 3.85. The average Bonchev–Trinajstić information content (AvgIpc) is 3.72. The molecular formula is C48H30N2. The fourth-order valence-electron chi connectivity index (χ4n) is 8.45. The van der Waals surface area contributed by atoms with E-state index >= 15 is 0 Å². The van der Waals surface area contributed by atoms with Gasteiger partial charge in [0.05, 0.1) is 22.1 Å². The Morgan fingerprint density at radius 1 is 0.260 bits per heavy atom. The molecule has 0 amide bonds. The molecular weight excluding hydrogens is 605 g/mol. The minimum absolute atomic E-state index is 1.16. The van der Waals surface area contributed by atoms with Crippen LogP contribution in [-0.4, -0.2) is 9.13 Å². The number of hydrogen-bond acceptors (Lipinski definition) is 0. The molecule has 0 aliphatic heterocycles. The van der Waals surface area contributed by atoms with Crippen LogP contribution in [0.3, 0.4) is 0 Å². The summed E-state index contributed by atoms with van der Waals surface area (Å²) in [6.45, 7) is 0. The van der Waals surface area contributed by atoms with Crippen LogP contribution in [-0.2, 0) is 0 Å². The summed E-state index contributed by atoms with van der Waals surface area (Å²) in [4.78, 5) is 0. The Labute approximate surface area is 288 Å². The largest absolute Gasteiger partial charge is 0.309 e. The van der Waals surface area contributed by atoms with Crippen LogP contribution in [0.4, 0.5) is 0 Å². The van der Waals surface area contributed by atoms with E-state index in [1.54, 1.807) is 0 Å². The second-order valence-corrected chi connectivity index (χ2v) is 13.3. The Morgan fingerprint density at radius 2 is 0.700 bits per heavy atom. The Kier molecular flexibility index (Phi) is 5.70. The molecule has 0 spiro atoms. The maximum absolute atomic E-state index is 2.44. The predicted molar refractivity (Wildman–Crippen MR) is 213 cm³/mol. The van der Waals surface area contributed by atoms with Crippen LogP contribution < -0.4 is 0 Å². The lowest BCUT2D eigenvalue weighted by atomic mass is 10.00. The number of nitrogens with zero attached hydrogens (tertiary/aromatic N) is 2. The Morgan fingerprint density at radius 3 is 1.28 bits per heavy atom. The zero-order valence-electron chi connectivity index (χ0n) is 27.2. The standard InChI is InChI=1S/C48H30N2/c1-2-13-36(14-3-1)50-42-27-21-32-10-4-7-15-38(32)46(42)41-26-20-35(30-45(41)50)31-18-24-37(25-19-31)49-43-28-22-33-11-5-8-16-39(33)47(43)48-40-17-9-6-12-34(40)23-29-44(48)49/h1-30H. The first kappa shape index (κ1) is 27.3. The van der Waals surface area contributed by atoms with E-state index < -0.39 is 0 Å². The lowest BCUT2D eigenvalue weighted by Crippen LogP contribution is -1.94. The second-order valence-electron chi connectivity index (χ2n) is 13.3. The van der Waals surface area contributed by atoms with Crippen molar-refractivity contribution in [3.63, 3.8) is 0 Å². The van der Waals surface area contributed by atoms with Gasteiger partial charge < -0.3 is 9.13 Å². The number of aromatic nitrogens is 2. The van der Waals surface area contributed by atoms with Crippen LogP contribution in [0.15, 0.2) is 182 Å². The molecule has 0 aliphatic rings. The maximum Gasteiger partial charge on any atom is 0.0547 e. The highest BCUT2D eigenvalue weighted by molar-refractivity contribution is 6.28. The van der Waals surface area contributed by atoms with Crippen LogP contribution in [0.2, 0.25) is 0 Å². The van der Waals surface area contributed by atoms with E-state index in [9.17, 15) is 0 Å². The fraction of sp³-hybridized carbons (Fsp3) is 0. The summed E-state index contributed by atoms with van der Waals surface area (Å²) < 4.78 is 4.86. The zero-order valence-corrected chi connectivity index (χ0v) is 27.2. The Hall–Kier alpha value is -6.64. The average molecular weight is 635 g/mol. The molecule has 0 aliphatic carbocycles. The van der Waals surface area contributed by atoms with Gasteiger partial charge in [-0.2, -0.15) is 0 Å². The molecule has 0 fully saturated rings. The van der Waals surface area contributed by atoms with E-state index in [1.165, 1.54) is 92.7 Å². The van der Waals surface area contributed by atoms with Crippen LogP contribution in [0.5, 0.6) is 0 Å². The van der Waals surface area contributed by atoms with Gasteiger partial charge in [-0.25, -0.2) is 0 Å². The molecule has 232 valence electrons. The van der Waals surface area contributed by atoms with Crippen LogP contribution in [0.1, 0.15) is 0 Å². The topological polar surface area (TPSA) is 9.86 Å². The number of hydrogen-bond donors (Lipinski definition) is 0. The molecule has 0 unspecified atom stereocenters. The molecule has 11 rings (SSSR count). The first-order valence-electron chi connectivity index (χ1n) is 17.3. The summed E-state index contributed by atoms with van der Waals surface area (Å²) >= 11 is 0. The van der Waals surface area contributed by atoms with Crippen molar-refractivity contribution < 1.29 is 0 Å². The van der Waals surface area contributed by atoms with Gasteiger partial charge >= 0.3 is 0 Å². The van der Waals surface area contributed by atoms with Crippen molar-refractivity contribution in [3.05, 3.63) is 182 Å². The van der Waals surface area contributed by atoms with Gasteiger partial charge in [-0.05, 0) is 92.0 Å². The first-order chi connectivity index (χ1) is 24.8. The molecule has 2 aromatic heterocycles. The summed E-state index contributed by atoms with van der Waals surface area (Å²) in [6.07, 6.45) is 0. The smallest absolute Gasteiger partial charge is 0.0547 e. The molecule has 0 radical (unpaired) electrons. The van der Waals surface area contributed by atoms with E-state index in [-0.39, 0.29) is 0 Å². The summed E-state index contributed by atoms with van der Waals surface area (Å²) in [5.74, 6) is 0. The highest BCUT2D eigenvalue weighted by Gasteiger charge is 2.18. The van der Waals surface area contributed by atoms with Gasteiger partial charge in [0.25, 0.3) is 0 Å². The van der Waals surface area contributed by atoms with E-state index in [0.717, 1.165) is 5.69 Å². The number of rotatable bonds is 3. The number of fused-ring (bicyclic) bond motifs is 12. The predicted octanol–water partition coefficient (Wildman–Crippen LogP) is 13.0. The molecule has 9 aromatic carbocycles. The third-order valence-corrected chi connectivity index (χ3v) is 10.7.